The fourth-order valence-electron chi connectivity index (χ4n) is 5.74. The summed E-state index contributed by atoms with van der Waals surface area (Å²) in [6.07, 6.45) is 10.2. The number of ether oxygens (including phenoxy) is 1. The van der Waals surface area contributed by atoms with Crippen LogP contribution < -0.4 is 9.64 Å². The molecule has 3 heterocycles. The number of nitrogens with zero attached hydrogens (tertiary/aromatic N) is 3. The molecule has 1 atom stereocenters. The Balaban J connectivity index is 1.31. The number of aromatic carboxylic acids is 1. The lowest BCUT2D eigenvalue weighted by atomic mass is 9.98. The normalized spacial score (nSPS) is 19.0. The second-order valence-corrected chi connectivity index (χ2v) is 9.96. The van der Waals surface area contributed by atoms with Gasteiger partial charge in [0.2, 0.25) is 0 Å². The molecule has 37 heavy (non-hydrogen) atoms. The zero-order valence-electron chi connectivity index (χ0n) is 21.6. The molecule has 1 aromatic heterocycles. The molecule has 2 fully saturated rings. The van der Waals surface area contributed by atoms with Crippen LogP contribution in [0.15, 0.2) is 66.9 Å². The number of hydrogen-bond acceptors (Lipinski definition) is 5. The van der Waals surface area contributed by atoms with E-state index < -0.39 is 5.97 Å². The highest BCUT2D eigenvalue weighted by atomic mass is 16.5. The number of hydrogen-bond donors (Lipinski definition) is 1. The summed E-state index contributed by atoms with van der Waals surface area (Å²) >= 11 is 0. The third-order valence-electron chi connectivity index (χ3n) is 7.65. The Hall–Kier alpha value is -3.64. The number of piperidine rings is 1. The first-order valence-corrected chi connectivity index (χ1v) is 13.2. The number of carboxylic acid groups (broad SMARTS) is 1. The summed E-state index contributed by atoms with van der Waals surface area (Å²) in [5.41, 5.74) is 4.42. The number of carboxylic acids is 1. The predicted molar refractivity (Wildman–Crippen MR) is 148 cm³/mol. The van der Waals surface area contributed by atoms with Gasteiger partial charge in [-0.15, -0.1) is 0 Å². The van der Waals surface area contributed by atoms with Gasteiger partial charge in [0.25, 0.3) is 0 Å². The van der Waals surface area contributed by atoms with Crippen molar-refractivity contribution in [3.8, 4) is 11.5 Å². The van der Waals surface area contributed by atoms with Gasteiger partial charge in [-0.25, -0.2) is 4.79 Å². The van der Waals surface area contributed by atoms with Gasteiger partial charge in [0.1, 0.15) is 17.1 Å². The Morgan fingerprint density at radius 3 is 2.57 bits per heavy atom. The molecule has 1 N–H and O–H groups in total. The highest BCUT2D eigenvalue weighted by molar-refractivity contribution is 5.91. The summed E-state index contributed by atoms with van der Waals surface area (Å²) in [7, 11) is 0. The minimum atomic E-state index is -1.00. The van der Waals surface area contributed by atoms with Crippen molar-refractivity contribution >= 4 is 17.7 Å². The van der Waals surface area contributed by atoms with E-state index >= 15 is 0 Å². The number of anilines is 1. The second kappa shape index (κ2) is 11.2. The summed E-state index contributed by atoms with van der Waals surface area (Å²) in [5, 5.41) is 9.78. The molecule has 6 nitrogen and oxygen atoms in total. The molecule has 5 rings (SSSR count). The molecule has 3 aromatic rings. The van der Waals surface area contributed by atoms with Crippen molar-refractivity contribution in [1.82, 2.24) is 9.88 Å². The Morgan fingerprint density at radius 2 is 1.84 bits per heavy atom. The van der Waals surface area contributed by atoms with Gasteiger partial charge in [-0.3, -0.25) is 9.88 Å². The summed E-state index contributed by atoms with van der Waals surface area (Å²) in [6.45, 7) is 6.93. The van der Waals surface area contributed by atoms with E-state index in [0.29, 0.717) is 23.6 Å². The minimum absolute atomic E-state index is 0.148. The molecule has 0 aliphatic carbocycles. The van der Waals surface area contributed by atoms with Crippen LogP contribution in [-0.4, -0.2) is 46.6 Å². The maximum absolute atomic E-state index is 11.9. The van der Waals surface area contributed by atoms with Crippen molar-refractivity contribution in [2.24, 2.45) is 0 Å². The first-order chi connectivity index (χ1) is 18.0. The van der Waals surface area contributed by atoms with E-state index in [1.165, 1.54) is 18.4 Å². The van der Waals surface area contributed by atoms with Crippen molar-refractivity contribution in [3.63, 3.8) is 0 Å². The third kappa shape index (κ3) is 5.54. The highest BCUT2D eigenvalue weighted by Gasteiger charge is 2.33. The fourth-order valence-corrected chi connectivity index (χ4v) is 5.74. The molecule has 2 aromatic carbocycles. The van der Waals surface area contributed by atoms with E-state index in [0.717, 1.165) is 49.4 Å². The largest absolute Gasteiger partial charge is 0.478 e. The van der Waals surface area contributed by atoms with Gasteiger partial charge in [0.05, 0.1) is 6.20 Å². The quantitative estimate of drug-likeness (QED) is 0.391. The first kappa shape index (κ1) is 25.0. The average Bonchev–Trinajstić information content (AvgIpc) is 3.41. The number of rotatable bonds is 7. The van der Waals surface area contributed by atoms with Crippen LogP contribution >= 0.6 is 0 Å². The number of aryl methyl sites for hydroxylation is 1. The molecule has 2 aliphatic rings. The van der Waals surface area contributed by atoms with Crippen molar-refractivity contribution in [2.45, 2.75) is 51.6 Å². The molecule has 0 spiro atoms. The first-order valence-electron chi connectivity index (χ1n) is 13.2. The highest BCUT2D eigenvalue weighted by Crippen LogP contribution is 2.37. The Labute approximate surface area is 219 Å². The molecule has 0 radical (unpaired) electrons. The van der Waals surface area contributed by atoms with Crippen LogP contribution in [0.25, 0.3) is 6.08 Å². The second-order valence-electron chi connectivity index (χ2n) is 9.96. The molecule has 192 valence electrons. The van der Waals surface area contributed by atoms with Crippen molar-refractivity contribution < 1.29 is 14.6 Å². The number of pyridine rings is 1. The molecular formula is C31H35N3O3. The lowest BCUT2D eigenvalue weighted by molar-refractivity contribution is 0.0694. The van der Waals surface area contributed by atoms with Gasteiger partial charge in [0, 0.05) is 42.6 Å². The van der Waals surface area contributed by atoms with Gasteiger partial charge in [-0.05, 0) is 75.4 Å². The van der Waals surface area contributed by atoms with E-state index in [1.54, 1.807) is 12.3 Å². The summed E-state index contributed by atoms with van der Waals surface area (Å²) in [4.78, 5) is 21.4. The summed E-state index contributed by atoms with van der Waals surface area (Å²) in [5.74, 6) is -0.138. The van der Waals surface area contributed by atoms with Gasteiger partial charge >= 0.3 is 5.97 Å². The van der Waals surface area contributed by atoms with Crippen LogP contribution in [0.3, 0.4) is 0 Å². The maximum atomic E-state index is 11.9. The van der Waals surface area contributed by atoms with Crippen LogP contribution in [0.5, 0.6) is 11.5 Å². The smallest absolute Gasteiger partial charge is 0.339 e. The van der Waals surface area contributed by atoms with Crippen LogP contribution in [0.1, 0.15) is 65.8 Å². The molecule has 2 saturated heterocycles. The van der Waals surface area contributed by atoms with Gasteiger partial charge < -0.3 is 14.7 Å². The fraction of sp³-hybridized carbons (Fsp3) is 0.355. The van der Waals surface area contributed by atoms with Gasteiger partial charge in [-0.1, -0.05) is 42.5 Å². The minimum Gasteiger partial charge on any atom is -0.478 e. The molecule has 1 unspecified atom stereocenters. The standard InChI is InChI=1S/C31H35N3O3/c1-3-8-24-19-27(21-32-22(24)2)37-30-20-26(12-13-28(30)31(35)36)33-17-14-25(15-18-33)34-16-7-11-29(34)23-9-5-4-6-10-23/h3-6,8-10,12-13,19-21,25,29H,7,11,14-18H2,1-2H3,(H,35,36)/b8-3-. The van der Waals surface area contributed by atoms with Crippen molar-refractivity contribution in [1.29, 1.82) is 0 Å². The van der Waals surface area contributed by atoms with Gasteiger partial charge in [0.15, 0.2) is 0 Å². The molecule has 0 amide bonds. The topological polar surface area (TPSA) is 65.9 Å². The lowest BCUT2D eigenvalue weighted by Crippen LogP contribution is -2.44. The third-order valence-corrected chi connectivity index (χ3v) is 7.65. The zero-order chi connectivity index (χ0) is 25.8. The number of aromatic nitrogens is 1. The number of allylic oxidation sites excluding steroid dienone is 1. The van der Waals surface area contributed by atoms with E-state index in [1.807, 2.05) is 44.2 Å². The van der Waals surface area contributed by atoms with Crippen molar-refractivity contribution in [2.75, 3.05) is 24.5 Å². The van der Waals surface area contributed by atoms with Crippen LogP contribution in [0.2, 0.25) is 0 Å². The Bertz CT molecular complexity index is 1270. The lowest BCUT2D eigenvalue weighted by Gasteiger charge is -2.40. The van der Waals surface area contributed by atoms with Crippen LogP contribution in [-0.2, 0) is 0 Å². The van der Waals surface area contributed by atoms with Crippen LogP contribution in [0.4, 0.5) is 5.69 Å². The number of carbonyl (C=O) groups is 1. The Morgan fingerprint density at radius 1 is 1.05 bits per heavy atom. The molecule has 0 saturated carbocycles. The van der Waals surface area contributed by atoms with Gasteiger partial charge in [-0.2, -0.15) is 0 Å². The molecule has 2 aliphatic heterocycles. The molecule has 6 heteroatoms. The Kier molecular flexibility index (Phi) is 7.56. The summed E-state index contributed by atoms with van der Waals surface area (Å²) < 4.78 is 6.10. The molecular weight excluding hydrogens is 462 g/mol. The predicted octanol–water partition coefficient (Wildman–Crippen LogP) is 6.72. The summed E-state index contributed by atoms with van der Waals surface area (Å²) in [6, 6.07) is 19.3. The maximum Gasteiger partial charge on any atom is 0.339 e. The van der Waals surface area contributed by atoms with Crippen molar-refractivity contribution in [3.05, 3.63) is 89.3 Å². The van der Waals surface area contributed by atoms with E-state index in [2.05, 4.69) is 45.1 Å². The van der Waals surface area contributed by atoms with Crippen LogP contribution in [0, 0.1) is 6.92 Å². The zero-order valence-corrected chi connectivity index (χ0v) is 21.6. The molecule has 0 bridgehead atoms. The monoisotopic (exact) mass is 497 g/mol. The number of benzene rings is 2. The van der Waals surface area contributed by atoms with E-state index in [9.17, 15) is 9.90 Å². The average molecular weight is 498 g/mol. The SMILES string of the molecule is C/C=C\c1cc(Oc2cc(N3CCC(N4CCCC4c4ccccc4)CC3)ccc2C(=O)O)cnc1C. The van der Waals surface area contributed by atoms with E-state index in [-0.39, 0.29) is 5.56 Å². The van der Waals surface area contributed by atoms with E-state index in [4.69, 9.17) is 4.74 Å². The number of likely N-dealkylation sites (tertiary alicyclic amines) is 1.